The van der Waals surface area contributed by atoms with Crippen LogP contribution < -0.4 is 4.90 Å². The van der Waals surface area contributed by atoms with Gasteiger partial charge < -0.3 is 10.0 Å². The standard InChI is InChI=1S/C8H13ClN2OS/c1-3-11(4-2)8-10-7(9)6(5-12)13-8/h12H,3-5H2,1-2H3. The van der Waals surface area contributed by atoms with Crippen LogP contribution in [0, 0.1) is 0 Å². The van der Waals surface area contributed by atoms with Crippen LogP contribution in [-0.2, 0) is 6.61 Å². The van der Waals surface area contributed by atoms with Crippen molar-refractivity contribution in [3.63, 3.8) is 0 Å². The lowest BCUT2D eigenvalue weighted by atomic mass is 10.5. The van der Waals surface area contributed by atoms with Gasteiger partial charge in [-0.2, -0.15) is 0 Å². The van der Waals surface area contributed by atoms with E-state index in [0.29, 0.717) is 5.15 Å². The summed E-state index contributed by atoms with van der Waals surface area (Å²) in [6, 6.07) is 0. The summed E-state index contributed by atoms with van der Waals surface area (Å²) in [6.07, 6.45) is 0. The van der Waals surface area contributed by atoms with Gasteiger partial charge in [0, 0.05) is 13.1 Å². The Morgan fingerprint density at radius 1 is 1.46 bits per heavy atom. The second-order valence-corrected chi connectivity index (χ2v) is 3.96. The summed E-state index contributed by atoms with van der Waals surface area (Å²) in [6.45, 7) is 5.92. The first-order valence-electron chi connectivity index (χ1n) is 4.23. The second kappa shape index (κ2) is 4.79. The van der Waals surface area contributed by atoms with E-state index in [4.69, 9.17) is 16.7 Å². The van der Waals surface area contributed by atoms with E-state index in [2.05, 4.69) is 23.7 Å². The zero-order valence-electron chi connectivity index (χ0n) is 7.75. The van der Waals surface area contributed by atoms with Crippen molar-refractivity contribution in [2.24, 2.45) is 0 Å². The highest BCUT2D eigenvalue weighted by Crippen LogP contribution is 2.29. The average Bonchev–Trinajstić information content (AvgIpc) is 2.49. The number of nitrogens with zero attached hydrogens (tertiary/aromatic N) is 2. The number of aliphatic hydroxyl groups is 1. The lowest BCUT2D eigenvalue weighted by Crippen LogP contribution is -2.21. The number of anilines is 1. The molecular weight excluding hydrogens is 208 g/mol. The number of halogens is 1. The van der Waals surface area contributed by atoms with Crippen molar-refractivity contribution in [1.82, 2.24) is 4.98 Å². The molecule has 5 heteroatoms. The van der Waals surface area contributed by atoms with Gasteiger partial charge in [0.25, 0.3) is 0 Å². The summed E-state index contributed by atoms with van der Waals surface area (Å²) in [7, 11) is 0. The Labute approximate surface area is 87.0 Å². The molecule has 0 fully saturated rings. The third-order valence-corrected chi connectivity index (χ3v) is 3.34. The van der Waals surface area contributed by atoms with E-state index in [9.17, 15) is 0 Å². The lowest BCUT2D eigenvalue weighted by Gasteiger charge is -2.16. The smallest absolute Gasteiger partial charge is 0.187 e. The maximum absolute atomic E-state index is 8.93. The molecule has 1 heterocycles. The van der Waals surface area contributed by atoms with E-state index in [1.54, 1.807) is 0 Å². The van der Waals surface area contributed by atoms with Crippen LogP contribution in [0.1, 0.15) is 18.7 Å². The largest absolute Gasteiger partial charge is 0.391 e. The molecule has 0 aliphatic heterocycles. The van der Waals surface area contributed by atoms with E-state index in [1.165, 1.54) is 11.3 Å². The molecule has 1 N–H and O–H groups in total. The normalized spacial score (nSPS) is 10.5. The van der Waals surface area contributed by atoms with Crippen molar-refractivity contribution in [3.8, 4) is 0 Å². The molecule has 0 amide bonds. The monoisotopic (exact) mass is 220 g/mol. The van der Waals surface area contributed by atoms with Crippen LogP contribution in [-0.4, -0.2) is 23.2 Å². The minimum Gasteiger partial charge on any atom is -0.391 e. The quantitative estimate of drug-likeness (QED) is 0.845. The maximum atomic E-state index is 8.93. The minimum atomic E-state index is -0.0300. The van der Waals surface area contributed by atoms with Gasteiger partial charge in [-0.15, -0.1) is 0 Å². The second-order valence-electron chi connectivity index (χ2n) is 2.54. The number of thiazole rings is 1. The maximum Gasteiger partial charge on any atom is 0.187 e. The van der Waals surface area contributed by atoms with E-state index in [0.717, 1.165) is 23.1 Å². The van der Waals surface area contributed by atoms with Crippen LogP contribution >= 0.6 is 22.9 Å². The first-order chi connectivity index (χ1) is 6.22. The van der Waals surface area contributed by atoms with Crippen molar-refractivity contribution < 1.29 is 5.11 Å². The molecule has 0 atom stereocenters. The molecule has 0 bridgehead atoms. The predicted molar refractivity (Wildman–Crippen MR) is 56.6 cm³/mol. The van der Waals surface area contributed by atoms with E-state index < -0.39 is 0 Å². The van der Waals surface area contributed by atoms with E-state index >= 15 is 0 Å². The lowest BCUT2D eigenvalue weighted by molar-refractivity contribution is 0.285. The average molecular weight is 221 g/mol. The molecule has 0 radical (unpaired) electrons. The van der Waals surface area contributed by atoms with Gasteiger partial charge in [0.1, 0.15) is 5.15 Å². The van der Waals surface area contributed by atoms with Gasteiger partial charge in [0.2, 0.25) is 0 Å². The van der Waals surface area contributed by atoms with Gasteiger partial charge in [0.05, 0.1) is 11.5 Å². The number of rotatable bonds is 4. The van der Waals surface area contributed by atoms with Crippen LogP contribution in [0.5, 0.6) is 0 Å². The van der Waals surface area contributed by atoms with Gasteiger partial charge in [-0.1, -0.05) is 22.9 Å². The fourth-order valence-corrected chi connectivity index (χ4v) is 2.29. The van der Waals surface area contributed by atoms with Crippen LogP contribution in [0.2, 0.25) is 5.15 Å². The molecule has 1 aromatic heterocycles. The summed E-state index contributed by atoms with van der Waals surface area (Å²) in [4.78, 5) is 7.02. The Hall–Kier alpha value is -0.320. The summed E-state index contributed by atoms with van der Waals surface area (Å²) in [5, 5.41) is 10.2. The molecule has 0 aliphatic rings. The van der Waals surface area contributed by atoms with Crippen LogP contribution in [0.3, 0.4) is 0 Å². The molecular formula is C8H13ClN2OS. The topological polar surface area (TPSA) is 36.4 Å². The molecule has 0 saturated heterocycles. The first-order valence-corrected chi connectivity index (χ1v) is 5.43. The van der Waals surface area contributed by atoms with Gasteiger partial charge >= 0.3 is 0 Å². The van der Waals surface area contributed by atoms with Gasteiger partial charge in [-0.25, -0.2) is 4.98 Å². The first kappa shape index (κ1) is 10.8. The molecule has 0 aromatic carbocycles. The predicted octanol–water partition coefficient (Wildman–Crippen LogP) is 2.14. The molecule has 0 aliphatic carbocycles. The Balaban J connectivity index is 2.88. The molecule has 3 nitrogen and oxygen atoms in total. The highest BCUT2D eigenvalue weighted by molar-refractivity contribution is 7.16. The molecule has 0 saturated carbocycles. The van der Waals surface area contributed by atoms with Crippen molar-refractivity contribution in [2.75, 3.05) is 18.0 Å². The third kappa shape index (κ3) is 2.33. The molecule has 13 heavy (non-hydrogen) atoms. The fourth-order valence-electron chi connectivity index (χ4n) is 1.05. The Morgan fingerprint density at radius 2 is 2.08 bits per heavy atom. The summed E-state index contributed by atoms with van der Waals surface area (Å²) in [5.74, 6) is 0. The summed E-state index contributed by atoms with van der Waals surface area (Å²) in [5.41, 5.74) is 0. The molecule has 0 spiro atoms. The fraction of sp³-hybridized carbons (Fsp3) is 0.625. The van der Waals surface area contributed by atoms with Gasteiger partial charge in [0.15, 0.2) is 5.13 Å². The van der Waals surface area contributed by atoms with Crippen LogP contribution in [0.4, 0.5) is 5.13 Å². The number of aromatic nitrogens is 1. The van der Waals surface area contributed by atoms with E-state index in [1.807, 2.05) is 0 Å². The minimum absolute atomic E-state index is 0.0300. The van der Waals surface area contributed by atoms with Crippen LogP contribution in [0.15, 0.2) is 0 Å². The van der Waals surface area contributed by atoms with Crippen LogP contribution in [0.25, 0.3) is 0 Å². The zero-order chi connectivity index (χ0) is 9.84. The van der Waals surface area contributed by atoms with E-state index in [-0.39, 0.29) is 6.61 Å². The van der Waals surface area contributed by atoms with Crippen molar-refractivity contribution in [1.29, 1.82) is 0 Å². The molecule has 1 aromatic rings. The number of hydrogen-bond donors (Lipinski definition) is 1. The van der Waals surface area contributed by atoms with Gasteiger partial charge in [-0.3, -0.25) is 0 Å². The summed E-state index contributed by atoms with van der Waals surface area (Å²) < 4.78 is 0. The Bertz CT molecular complexity index is 273. The SMILES string of the molecule is CCN(CC)c1nc(Cl)c(CO)s1. The number of hydrogen-bond acceptors (Lipinski definition) is 4. The van der Waals surface area contributed by atoms with Crippen molar-refractivity contribution in [2.45, 2.75) is 20.5 Å². The molecule has 0 unspecified atom stereocenters. The van der Waals surface area contributed by atoms with Crippen molar-refractivity contribution in [3.05, 3.63) is 10.0 Å². The molecule has 1 rings (SSSR count). The Kier molecular flexibility index (Phi) is 3.96. The zero-order valence-corrected chi connectivity index (χ0v) is 9.32. The van der Waals surface area contributed by atoms with Crippen molar-refractivity contribution >= 4 is 28.1 Å². The summed E-state index contributed by atoms with van der Waals surface area (Å²) >= 11 is 7.27. The highest BCUT2D eigenvalue weighted by atomic mass is 35.5. The van der Waals surface area contributed by atoms with Gasteiger partial charge in [-0.05, 0) is 13.8 Å². The highest BCUT2D eigenvalue weighted by Gasteiger charge is 2.11. The molecule has 74 valence electrons. The number of aliphatic hydroxyl groups excluding tert-OH is 1. The Morgan fingerprint density at radius 3 is 2.46 bits per heavy atom. The third-order valence-electron chi connectivity index (χ3n) is 1.82.